The number of aliphatic hydroxyl groups is 2. The summed E-state index contributed by atoms with van der Waals surface area (Å²) in [6, 6.07) is 16.2. The minimum atomic E-state index is -4.24. The molecule has 3 aliphatic rings. The Morgan fingerprint density at radius 3 is 2.44 bits per heavy atom. The summed E-state index contributed by atoms with van der Waals surface area (Å²) < 4.78 is 50.8. The number of hydrogen-bond acceptors (Lipinski definition) is 12. The van der Waals surface area contributed by atoms with Crippen molar-refractivity contribution in [3.8, 4) is 17.2 Å². The van der Waals surface area contributed by atoms with E-state index >= 15 is 0 Å². The van der Waals surface area contributed by atoms with E-state index in [0.29, 0.717) is 48.6 Å². The minimum absolute atomic E-state index is 0.00953. The Balaban J connectivity index is 1.55. The monoisotopic (exact) mass is 832 g/mol. The van der Waals surface area contributed by atoms with E-state index in [0.717, 1.165) is 24.0 Å². The number of anilines is 1. The minimum Gasteiger partial charge on any atom is -0.460 e. The number of amides is 1. The van der Waals surface area contributed by atoms with E-state index in [2.05, 4.69) is 23.1 Å². The molecule has 15 nitrogen and oxygen atoms in total. The molecule has 3 aromatic rings. The maximum atomic E-state index is 14.7. The van der Waals surface area contributed by atoms with Crippen molar-refractivity contribution in [2.24, 2.45) is 22.9 Å². The van der Waals surface area contributed by atoms with Crippen LogP contribution < -0.4 is 14.8 Å². The molecule has 0 spiro atoms. The van der Waals surface area contributed by atoms with Gasteiger partial charge >= 0.3 is 0 Å². The Morgan fingerprint density at radius 2 is 1.78 bits per heavy atom. The Labute approximate surface area is 344 Å². The van der Waals surface area contributed by atoms with Crippen LogP contribution in [0.25, 0.3) is 0 Å². The Morgan fingerprint density at radius 1 is 1.07 bits per heavy atom. The molecule has 1 fully saturated rings. The number of rotatable bonds is 19. The third kappa shape index (κ3) is 9.06. The first-order valence-corrected chi connectivity index (χ1v) is 21.2. The molecule has 1 aliphatic heterocycles. The van der Waals surface area contributed by atoms with Crippen molar-refractivity contribution in [2.75, 3.05) is 39.3 Å². The lowest BCUT2D eigenvalue weighted by Crippen LogP contribution is -2.69. The number of nitrogens with zero attached hydrogens (tertiary/aromatic N) is 3. The fraction of sp³-hybridized carbons (Fsp3) is 0.442. The number of ether oxygens (including phenoxy) is 3. The van der Waals surface area contributed by atoms with Gasteiger partial charge in [0, 0.05) is 56.8 Å². The second kappa shape index (κ2) is 18.8. The summed E-state index contributed by atoms with van der Waals surface area (Å²) in [5.74, 6) is -1.92. The molecule has 1 heterocycles. The predicted molar refractivity (Wildman–Crippen MR) is 221 cm³/mol. The Kier molecular flexibility index (Phi) is 13.9. The van der Waals surface area contributed by atoms with Crippen LogP contribution in [0.1, 0.15) is 63.4 Å². The largest absolute Gasteiger partial charge is 0.460 e. The van der Waals surface area contributed by atoms with Crippen molar-refractivity contribution in [1.82, 2.24) is 4.31 Å². The molecule has 16 heteroatoms. The number of unbranched alkanes of at least 4 members (excludes halogenated alkanes) is 2. The van der Waals surface area contributed by atoms with Gasteiger partial charge in [0.05, 0.1) is 40.2 Å². The van der Waals surface area contributed by atoms with Crippen molar-refractivity contribution in [3.63, 3.8) is 0 Å². The van der Waals surface area contributed by atoms with Gasteiger partial charge in [-0.3, -0.25) is 14.9 Å². The molecule has 6 rings (SSSR count). The number of nitrogens with one attached hydrogen (secondary N) is 1. The van der Waals surface area contributed by atoms with Crippen LogP contribution in [-0.4, -0.2) is 85.3 Å². The zero-order chi connectivity index (χ0) is 42.3. The summed E-state index contributed by atoms with van der Waals surface area (Å²) in [5.41, 5.74) is 2.43. The fourth-order valence-electron chi connectivity index (χ4n) is 8.92. The second-order valence-electron chi connectivity index (χ2n) is 15.0. The molecule has 0 aromatic heterocycles. The van der Waals surface area contributed by atoms with E-state index in [1.807, 2.05) is 6.07 Å². The lowest BCUT2D eigenvalue weighted by atomic mass is 9.55. The topological polar surface area (TPSA) is 199 Å². The predicted octanol–water partition coefficient (Wildman–Crippen LogP) is 6.93. The SMILES string of the molecule is C=CCOC12Oc3ccc(Oc4cccc([N+](=O)[O-])c4)cc3C3C(CCCCO)C(CCCCO)C=C(C(=NOC)CC1N(C)S(=O)(=O)c1ccc(NC(C)=O)cc1)C32. The maximum absolute atomic E-state index is 14.7. The third-order valence-electron chi connectivity index (χ3n) is 11.4. The van der Waals surface area contributed by atoms with E-state index in [1.165, 1.54) is 61.8 Å². The molecule has 59 heavy (non-hydrogen) atoms. The normalized spacial score (nSPS) is 24.0. The number of non-ortho nitro benzene ring substituents is 1. The summed E-state index contributed by atoms with van der Waals surface area (Å²) in [4.78, 5) is 28.2. The van der Waals surface area contributed by atoms with Crippen molar-refractivity contribution >= 4 is 33.0 Å². The highest BCUT2D eigenvalue weighted by Gasteiger charge is 2.65. The van der Waals surface area contributed by atoms with Gasteiger partial charge in [-0.05, 0) is 91.6 Å². The highest BCUT2D eigenvalue weighted by atomic mass is 32.2. The van der Waals surface area contributed by atoms with Crippen LogP contribution >= 0.6 is 0 Å². The molecule has 316 valence electrons. The number of allylic oxidation sites excluding steroid dienone is 1. The molecule has 2 aliphatic carbocycles. The van der Waals surface area contributed by atoms with E-state index < -0.39 is 32.7 Å². The van der Waals surface area contributed by atoms with Crippen LogP contribution in [0, 0.1) is 27.9 Å². The molecule has 1 amide bonds. The van der Waals surface area contributed by atoms with Crippen molar-refractivity contribution in [1.29, 1.82) is 0 Å². The lowest BCUT2D eigenvalue weighted by Gasteiger charge is -2.59. The van der Waals surface area contributed by atoms with E-state index in [1.54, 1.807) is 30.3 Å². The number of carbonyl (C=O) groups excluding carboxylic acids is 1. The molecule has 0 radical (unpaired) electrons. The highest BCUT2D eigenvalue weighted by Crippen LogP contribution is 2.62. The quantitative estimate of drug-likeness (QED) is 0.0490. The zero-order valence-electron chi connectivity index (χ0n) is 33.5. The average Bonchev–Trinajstić information content (AvgIpc) is 3.21. The number of aliphatic hydroxyl groups excluding tert-OH is 2. The van der Waals surface area contributed by atoms with Crippen LogP contribution in [0.4, 0.5) is 11.4 Å². The molecule has 6 atom stereocenters. The van der Waals surface area contributed by atoms with Crippen molar-refractivity contribution in [3.05, 3.63) is 107 Å². The zero-order valence-corrected chi connectivity index (χ0v) is 34.3. The van der Waals surface area contributed by atoms with Gasteiger partial charge in [0.15, 0.2) is 0 Å². The lowest BCUT2D eigenvalue weighted by molar-refractivity contribution is -0.384. The standard InChI is InChI=1S/C43H52N4O11S/c1-5-23-56-43-40(46(3)59(53,54)34-18-15-30(16-19-34)44-28(2)50)27-38(45-55-4)36-24-29(11-6-8-21-48)35(14-7-9-22-49)41(42(36)43)37-26-33(17-20-39(37)58-43)57-32-13-10-12-31(25-32)47(51)52/h5,10,12-13,15-20,24-26,29,35,40-42,48-49H,1,6-9,11,14,21-23,27H2,2-4H3,(H,44,50). The first-order valence-electron chi connectivity index (χ1n) is 19.8. The fourth-order valence-corrected chi connectivity index (χ4v) is 10.3. The van der Waals surface area contributed by atoms with Gasteiger partial charge in [-0.15, -0.1) is 6.58 Å². The van der Waals surface area contributed by atoms with E-state index in [4.69, 9.17) is 19.0 Å². The molecule has 0 saturated heterocycles. The van der Waals surface area contributed by atoms with E-state index in [9.17, 15) is 33.5 Å². The smallest absolute Gasteiger partial charge is 0.273 e. The molecule has 1 saturated carbocycles. The number of carbonyl (C=O) groups is 1. The number of oxime groups is 1. The number of benzene rings is 3. The van der Waals surface area contributed by atoms with Crippen LogP contribution in [0.2, 0.25) is 0 Å². The van der Waals surface area contributed by atoms with E-state index in [-0.39, 0.29) is 66.2 Å². The maximum Gasteiger partial charge on any atom is 0.273 e. The van der Waals surface area contributed by atoms with Crippen LogP contribution in [-0.2, 0) is 24.4 Å². The first-order chi connectivity index (χ1) is 28.4. The molecular formula is C43H52N4O11S. The van der Waals surface area contributed by atoms with Gasteiger partial charge in [-0.25, -0.2) is 8.42 Å². The molecule has 0 bridgehead atoms. The number of fused-ring (bicyclic) bond motifs is 2. The van der Waals surface area contributed by atoms with Crippen LogP contribution in [0.3, 0.4) is 0 Å². The molecular weight excluding hydrogens is 781 g/mol. The van der Waals surface area contributed by atoms with Crippen molar-refractivity contribution in [2.45, 2.75) is 74.5 Å². The number of nitro groups is 1. The summed E-state index contributed by atoms with van der Waals surface area (Å²) in [6.45, 7) is 5.37. The Bertz CT molecular complexity index is 2180. The molecule has 6 unspecified atom stereocenters. The second-order valence-corrected chi connectivity index (χ2v) is 17.0. The van der Waals surface area contributed by atoms with Crippen LogP contribution in [0.15, 0.2) is 101 Å². The number of nitro benzene ring substituents is 1. The van der Waals surface area contributed by atoms with Gasteiger partial charge < -0.3 is 34.6 Å². The number of likely N-dealkylation sites (N-methyl/N-ethyl adjacent to an activating group) is 1. The van der Waals surface area contributed by atoms with Gasteiger partial charge in [0.25, 0.3) is 5.69 Å². The average molecular weight is 833 g/mol. The van der Waals surface area contributed by atoms with Crippen molar-refractivity contribution < 1.29 is 47.4 Å². The van der Waals surface area contributed by atoms with Gasteiger partial charge in [0.1, 0.15) is 24.4 Å². The third-order valence-corrected chi connectivity index (χ3v) is 13.3. The summed E-state index contributed by atoms with van der Waals surface area (Å²) in [7, 11) is -1.31. The van der Waals surface area contributed by atoms with Gasteiger partial charge in [0.2, 0.25) is 21.7 Å². The van der Waals surface area contributed by atoms with Crippen LogP contribution in [0.5, 0.6) is 17.2 Å². The molecule has 3 N–H and O–H groups in total. The Hall–Kier alpha value is -5.13. The van der Waals surface area contributed by atoms with Gasteiger partial charge in [-0.1, -0.05) is 36.2 Å². The van der Waals surface area contributed by atoms with Gasteiger partial charge in [-0.2, -0.15) is 4.31 Å². The first kappa shape index (κ1) is 43.4. The highest BCUT2D eigenvalue weighted by molar-refractivity contribution is 7.89. The molecule has 3 aromatic carbocycles. The summed E-state index contributed by atoms with van der Waals surface area (Å²) in [5, 5.41) is 38.4. The number of hydrogen-bond donors (Lipinski definition) is 3. The number of sulfonamides is 1. The summed E-state index contributed by atoms with van der Waals surface area (Å²) in [6.07, 6.45) is 7.91. The summed E-state index contributed by atoms with van der Waals surface area (Å²) >= 11 is 0.